The molecule has 2 nitrogen and oxygen atoms in total. The van der Waals surface area contributed by atoms with Crippen LogP contribution in [0, 0.1) is 0 Å². The zero-order chi connectivity index (χ0) is 9.42. The van der Waals surface area contributed by atoms with Crippen LogP contribution in [0.25, 0.3) is 0 Å². The van der Waals surface area contributed by atoms with Crippen LogP contribution in [0.4, 0.5) is 0 Å². The third-order valence-electron chi connectivity index (χ3n) is 2.83. The Kier molecular flexibility index (Phi) is 2.10. The molecule has 13 heavy (non-hydrogen) atoms. The molecule has 2 atom stereocenters. The van der Waals surface area contributed by atoms with Crippen molar-refractivity contribution in [1.82, 2.24) is 4.90 Å². The molecule has 2 unspecified atom stereocenters. The molecule has 1 N–H and O–H groups in total. The molecule has 0 radical (unpaired) electrons. The average molecular weight is 177 g/mol. The van der Waals surface area contributed by atoms with Crippen LogP contribution in [0.5, 0.6) is 0 Å². The number of aliphatic hydroxyl groups is 1. The van der Waals surface area contributed by atoms with Gasteiger partial charge in [-0.2, -0.15) is 0 Å². The quantitative estimate of drug-likeness (QED) is 0.697. The summed E-state index contributed by atoms with van der Waals surface area (Å²) in [5.41, 5.74) is 2.38. The standard InChI is InChI=1S/C11H15NO/c1-12(2)10-7-8-5-3-4-6-9(8)11(10)13/h3-6,10-11,13H,7H2,1-2H3. The second-order valence-corrected chi connectivity index (χ2v) is 3.88. The van der Waals surface area contributed by atoms with E-state index in [1.807, 2.05) is 32.3 Å². The van der Waals surface area contributed by atoms with Crippen LogP contribution in [0.2, 0.25) is 0 Å². The van der Waals surface area contributed by atoms with E-state index in [9.17, 15) is 5.11 Å². The number of rotatable bonds is 1. The minimum absolute atomic E-state index is 0.248. The average Bonchev–Trinajstić information content (AvgIpc) is 2.45. The molecular formula is C11H15NO. The third-order valence-corrected chi connectivity index (χ3v) is 2.83. The highest BCUT2D eigenvalue weighted by Gasteiger charge is 2.31. The minimum Gasteiger partial charge on any atom is -0.387 e. The Morgan fingerprint density at radius 1 is 1.31 bits per heavy atom. The molecule has 0 amide bonds. The Morgan fingerprint density at radius 3 is 2.62 bits per heavy atom. The van der Waals surface area contributed by atoms with E-state index in [1.54, 1.807) is 0 Å². The van der Waals surface area contributed by atoms with E-state index in [2.05, 4.69) is 11.0 Å². The number of hydrogen-bond acceptors (Lipinski definition) is 2. The molecule has 2 rings (SSSR count). The number of fused-ring (bicyclic) bond motifs is 1. The van der Waals surface area contributed by atoms with Gasteiger partial charge >= 0.3 is 0 Å². The molecule has 1 aliphatic carbocycles. The fourth-order valence-electron chi connectivity index (χ4n) is 2.02. The van der Waals surface area contributed by atoms with Gasteiger partial charge in [-0.25, -0.2) is 0 Å². The largest absolute Gasteiger partial charge is 0.387 e. The highest BCUT2D eigenvalue weighted by atomic mass is 16.3. The molecule has 0 fully saturated rings. The van der Waals surface area contributed by atoms with Crippen molar-refractivity contribution in [2.24, 2.45) is 0 Å². The van der Waals surface area contributed by atoms with Crippen molar-refractivity contribution in [2.75, 3.05) is 14.1 Å². The van der Waals surface area contributed by atoms with E-state index < -0.39 is 0 Å². The molecule has 0 aliphatic heterocycles. The maximum absolute atomic E-state index is 9.97. The van der Waals surface area contributed by atoms with Crippen LogP contribution in [0.1, 0.15) is 17.2 Å². The van der Waals surface area contributed by atoms with Gasteiger partial charge in [0.05, 0.1) is 6.10 Å². The molecule has 2 heteroatoms. The highest BCUT2D eigenvalue weighted by molar-refractivity contribution is 5.35. The van der Waals surface area contributed by atoms with Crippen LogP contribution in [-0.2, 0) is 6.42 Å². The Balaban J connectivity index is 2.32. The predicted molar refractivity (Wildman–Crippen MR) is 52.6 cm³/mol. The van der Waals surface area contributed by atoms with Gasteiger partial charge in [-0.15, -0.1) is 0 Å². The van der Waals surface area contributed by atoms with Crippen LogP contribution in [-0.4, -0.2) is 30.1 Å². The predicted octanol–water partition coefficient (Wildman–Crippen LogP) is 1.21. The van der Waals surface area contributed by atoms with Crippen molar-refractivity contribution in [1.29, 1.82) is 0 Å². The van der Waals surface area contributed by atoms with Crippen LogP contribution in [0.3, 0.4) is 0 Å². The van der Waals surface area contributed by atoms with Crippen LogP contribution < -0.4 is 0 Å². The van der Waals surface area contributed by atoms with Crippen molar-refractivity contribution in [2.45, 2.75) is 18.6 Å². The van der Waals surface area contributed by atoms with Gasteiger partial charge in [0.25, 0.3) is 0 Å². The highest BCUT2D eigenvalue weighted by Crippen LogP contribution is 2.32. The first-order valence-corrected chi connectivity index (χ1v) is 4.62. The molecule has 0 heterocycles. The van der Waals surface area contributed by atoms with E-state index in [-0.39, 0.29) is 12.1 Å². The smallest absolute Gasteiger partial charge is 0.0950 e. The zero-order valence-electron chi connectivity index (χ0n) is 8.07. The van der Waals surface area contributed by atoms with E-state index in [4.69, 9.17) is 0 Å². The Labute approximate surface area is 78.8 Å². The molecule has 0 bridgehead atoms. The van der Waals surface area contributed by atoms with Gasteiger partial charge in [0, 0.05) is 6.04 Å². The first-order chi connectivity index (χ1) is 6.20. The summed E-state index contributed by atoms with van der Waals surface area (Å²) in [6.07, 6.45) is 0.649. The van der Waals surface area contributed by atoms with E-state index in [0.29, 0.717) is 0 Å². The van der Waals surface area contributed by atoms with Crippen molar-refractivity contribution < 1.29 is 5.11 Å². The summed E-state index contributed by atoms with van der Waals surface area (Å²) < 4.78 is 0. The number of likely N-dealkylation sites (N-methyl/N-ethyl adjacent to an activating group) is 1. The molecule has 1 aliphatic rings. The van der Waals surface area contributed by atoms with Gasteiger partial charge in [0.1, 0.15) is 0 Å². The van der Waals surface area contributed by atoms with Gasteiger partial charge in [-0.05, 0) is 31.6 Å². The van der Waals surface area contributed by atoms with Crippen LogP contribution >= 0.6 is 0 Å². The SMILES string of the molecule is CN(C)C1Cc2ccccc2C1O. The van der Waals surface area contributed by atoms with Crippen molar-refractivity contribution in [3.63, 3.8) is 0 Å². The lowest BCUT2D eigenvalue weighted by molar-refractivity contribution is 0.0899. The minimum atomic E-state index is -0.314. The lowest BCUT2D eigenvalue weighted by Crippen LogP contribution is -2.31. The number of nitrogens with zero attached hydrogens (tertiary/aromatic N) is 1. The maximum Gasteiger partial charge on any atom is 0.0950 e. The lowest BCUT2D eigenvalue weighted by atomic mass is 10.1. The molecule has 1 aromatic rings. The number of benzene rings is 1. The lowest BCUT2D eigenvalue weighted by Gasteiger charge is -2.22. The number of hydrogen-bond donors (Lipinski definition) is 1. The van der Waals surface area contributed by atoms with Gasteiger partial charge in [0.2, 0.25) is 0 Å². The van der Waals surface area contributed by atoms with Gasteiger partial charge < -0.3 is 10.0 Å². The fraction of sp³-hybridized carbons (Fsp3) is 0.455. The summed E-state index contributed by atoms with van der Waals surface area (Å²) in [5.74, 6) is 0. The summed E-state index contributed by atoms with van der Waals surface area (Å²) in [4.78, 5) is 2.09. The third kappa shape index (κ3) is 1.36. The molecule has 0 saturated heterocycles. The molecule has 0 spiro atoms. The molecule has 0 aromatic heterocycles. The summed E-state index contributed by atoms with van der Waals surface area (Å²) >= 11 is 0. The first-order valence-electron chi connectivity index (χ1n) is 4.62. The zero-order valence-corrected chi connectivity index (χ0v) is 8.07. The summed E-state index contributed by atoms with van der Waals surface area (Å²) in [7, 11) is 4.03. The van der Waals surface area contributed by atoms with E-state index in [1.165, 1.54) is 5.56 Å². The van der Waals surface area contributed by atoms with Gasteiger partial charge in [-0.3, -0.25) is 0 Å². The Hall–Kier alpha value is -0.860. The Bertz CT molecular complexity index is 309. The van der Waals surface area contributed by atoms with Gasteiger partial charge in [-0.1, -0.05) is 24.3 Å². The topological polar surface area (TPSA) is 23.5 Å². The fourth-order valence-corrected chi connectivity index (χ4v) is 2.02. The molecule has 1 aromatic carbocycles. The van der Waals surface area contributed by atoms with Crippen molar-refractivity contribution in [3.8, 4) is 0 Å². The van der Waals surface area contributed by atoms with Crippen molar-refractivity contribution >= 4 is 0 Å². The van der Waals surface area contributed by atoms with Crippen molar-refractivity contribution in [3.05, 3.63) is 35.4 Å². The van der Waals surface area contributed by atoms with Gasteiger partial charge in [0.15, 0.2) is 0 Å². The molecule has 70 valence electrons. The normalized spacial score (nSPS) is 26.5. The van der Waals surface area contributed by atoms with E-state index >= 15 is 0 Å². The summed E-state index contributed by atoms with van der Waals surface area (Å²) in [6.45, 7) is 0. The second kappa shape index (κ2) is 3.13. The first kappa shape index (κ1) is 8.73. The maximum atomic E-state index is 9.97. The summed E-state index contributed by atoms with van der Waals surface area (Å²) in [5, 5.41) is 9.97. The van der Waals surface area contributed by atoms with E-state index in [0.717, 1.165) is 12.0 Å². The monoisotopic (exact) mass is 177 g/mol. The number of aliphatic hydroxyl groups excluding tert-OH is 1. The van der Waals surface area contributed by atoms with Crippen LogP contribution in [0.15, 0.2) is 24.3 Å². The Morgan fingerprint density at radius 2 is 2.00 bits per heavy atom. The second-order valence-electron chi connectivity index (χ2n) is 3.88. The molecule has 0 saturated carbocycles. The molecular weight excluding hydrogens is 162 g/mol. The summed E-state index contributed by atoms with van der Waals surface area (Å²) in [6, 6.07) is 8.38.